The Morgan fingerprint density at radius 1 is 1.47 bits per heavy atom. The molecule has 1 N–H and O–H groups in total. The second kappa shape index (κ2) is 6.26. The van der Waals surface area contributed by atoms with E-state index < -0.39 is 18.6 Å². The van der Waals surface area contributed by atoms with Crippen LogP contribution in [0, 0.1) is 0 Å². The van der Waals surface area contributed by atoms with Gasteiger partial charge in [-0.05, 0) is 12.1 Å². The van der Waals surface area contributed by atoms with Gasteiger partial charge in [-0.2, -0.15) is 0 Å². The number of rotatable bonds is 5. The number of nitrogens with zero attached hydrogens (tertiary/aromatic N) is 2. The van der Waals surface area contributed by atoms with Crippen LogP contribution in [0.25, 0.3) is 0 Å². The van der Waals surface area contributed by atoms with Crippen molar-refractivity contribution in [1.29, 1.82) is 0 Å². The number of hydrogen-bond acceptors (Lipinski definition) is 4. The monoisotopic (exact) mass is 236 g/mol. The molecule has 0 atom stereocenters. The Morgan fingerprint density at radius 2 is 2.12 bits per heavy atom. The smallest absolute Gasteiger partial charge is 0.415 e. The molecule has 0 spiro atoms. The summed E-state index contributed by atoms with van der Waals surface area (Å²) in [6.07, 6.45) is 3.60. The molecule has 1 heterocycles. The Labute approximate surface area is 98.1 Å². The van der Waals surface area contributed by atoms with E-state index in [1.54, 1.807) is 0 Å². The van der Waals surface area contributed by atoms with Crippen molar-refractivity contribution in [1.82, 2.24) is 4.98 Å². The molecule has 0 unspecified atom stereocenters. The van der Waals surface area contributed by atoms with Gasteiger partial charge in [-0.15, -0.1) is 0 Å². The van der Waals surface area contributed by atoms with Gasteiger partial charge in [-0.25, -0.2) is 4.79 Å². The molecular weight excluding hydrogens is 224 g/mol. The van der Waals surface area contributed by atoms with Crippen molar-refractivity contribution in [3.05, 3.63) is 37.2 Å². The molecule has 0 radical (unpaired) electrons. The van der Waals surface area contributed by atoms with E-state index in [9.17, 15) is 9.59 Å². The van der Waals surface area contributed by atoms with Gasteiger partial charge in [-0.1, -0.05) is 12.7 Å². The highest BCUT2D eigenvalue weighted by Gasteiger charge is 2.19. The lowest BCUT2D eigenvalue weighted by Gasteiger charge is -2.19. The summed E-state index contributed by atoms with van der Waals surface area (Å²) < 4.78 is 4.79. The van der Waals surface area contributed by atoms with Gasteiger partial charge < -0.3 is 9.84 Å². The van der Waals surface area contributed by atoms with E-state index in [-0.39, 0.29) is 6.61 Å². The fourth-order valence-corrected chi connectivity index (χ4v) is 1.13. The Bertz CT molecular complexity index is 405. The van der Waals surface area contributed by atoms with E-state index in [1.807, 2.05) is 0 Å². The van der Waals surface area contributed by atoms with Gasteiger partial charge in [0, 0.05) is 12.4 Å². The lowest BCUT2D eigenvalue weighted by Crippen LogP contribution is -2.36. The largest absolute Gasteiger partial charge is 0.480 e. The summed E-state index contributed by atoms with van der Waals surface area (Å²) in [6, 6.07) is 3.05. The molecule has 1 amide bonds. The summed E-state index contributed by atoms with van der Waals surface area (Å²) in [7, 11) is 0. The molecular formula is C11H12N2O4. The highest BCUT2D eigenvalue weighted by molar-refractivity contribution is 5.92. The van der Waals surface area contributed by atoms with Crippen molar-refractivity contribution in [3.63, 3.8) is 0 Å². The van der Waals surface area contributed by atoms with Crippen LogP contribution >= 0.6 is 0 Å². The van der Waals surface area contributed by atoms with E-state index in [2.05, 4.69) is 11.6 Å². The SMILES string of the molecule is C=CCOC(=O)N(CC(=O)O)c1ccncc1. The molecule has 6 heteroatoms. The molecule has 1 rings (SSSR count). The average Bonchev–Trinajstić information content (AvgIpc) is 2.34. The first-order valence-electron chi connectivity index (χ1n) is 4.82. The number of aromatic nitrogens is 1. The Hall–Kier alpha value is -2.37. The molecule has 1 aromatic rings. The Morgan fingerprint density at radius 3 is 2.65 bits per heavy atom. The highest BCUT2D eigenvalue weighted by atomic mass is 16.6. The van der Waals surface area contributed by atoms with E-state index in [4.69, 9.17) is 9.84 Å². The first kappa shape index (κ1) is 12.7. The third kappa shape index (κ3) is 3.94. The number of hydrogen-bond donors (Lipinski definition) is 1. The van der Waals surface area contributed by atoms with E-state index in [1.165, 1.54) is 30.6 Å². The van der Waals surface area contributed by atoms with E-state index >= 15 is 0 Å². The number of pyridine rings is 1. The van der Waals surface area contributed by atoms with Gasteiger partial charge in [0.1, 0.15) is 13.2 Å². The molecule has 0 saturated carbocycles. The van der Waals surface area contributed by atoms with Crippen LogP contribution < -0.4 is 4.90 Å². The third-order valence-electron chi connectivity index (χ3n) is 1.81. The Balaban J connectivity index is 2.84. The van der Waals surface area contributed by atoms with Crippen LogP contribution in [0.3, 0.4) is 0 Å². The molecule has 0 fully saturated rings. The number of ether oxygens (including phenoxy) is 1. The fraction of sp³-hybridized carbons (Fsp3) is 0.182. The third-order valence-corrected chi connectivity index (χ3v) is 1.81. The highest BCUT2D eigenvalue weighted by Crippen LogP contribution is 2.13. The zero-order chi connectivity index (χ0) is 12.7. The lowest BCUT2D eigenvalue weighted by molar-refractivity contribution is -0.135. The maximum absolute atomic E-state index is 11.6. The summed E-state index contributed by atoms with van der Waals surface area (Å²) in [6.45, 7) is 2.96. The van der Waals surface area contributed by atoms with E-state index in [0.29, 0.717) is 5.69 Å². The maximum Gasteiger partial charge on any atom is 0.415 e. The van der Waals surface area contributed by atoms with Crippen LogP contribution in [-0.2, 0) is 9.53 Å². The standard InChI is InChI=1S/C11H12N2O4/c1-2-7-17-11(16)13(8-10(14)15)9-3-5-12-6-4-9/h2-6H,1,7-8H2,(H,14,15). The number of carbonyl (C=O) groups is 2. The zero-order valence-corrected chi connectivity index (χ0v) is 9.07. The van der Waals surface area contributed by atoms with Crippen molar-refractivity contribution in [2.24, 2.45) is 0 Å². The van der Waals surface area contributed by atoms with Crippen LogP contribution in [-0.4, -0.2) is 35.3 Å². The van der Waals surface area contributed by atoms with Crippen molar-refractivity contribution in [2.75, 3.05) is 18.1 Å². The van der Waals surface area contributed by atoms with Gasteiger partial charge >= 0.3 is 12.1 Å². The van der Waals surface area contributed by atoms with Gasteiger partial charge in [0.15, 0.2) is 0 Å². The second-order valence-electron chi connectivity index (χ2n) is 3.05. The normalized spacial score (nSPS) is 9.41. The van der Waals surface area contributed by atoms with Crippen molar-refractivity contribution < 1.29 is 19.4 Å². The first-order chi connectivity index (χ1) is 8.15. The number of carboxylic acids is 1. The van der Waals surface area contributed by atoms with Crippen LogP contribution in [0.1, 0.15) is 0 Å². The van der Waals surface area contributed by atoms with Crippen molar-refractivity contribution in [3.8, 4) is 0 Å². The van der Waals surface area contributed by atoms with Gasteiger partial charge in [0.2, 0.25) is 0 Å². The minimum Gasteiger partial charge on any atom is -0.480 e. The molecule has 90 valence electrons. The minimum absolute atomic E-state index is 0.0278. The molecule has 0 aliphatic carbocycles. The average molecular weight is 236 g/mol. The predicted octanol–water partition coefficient (Wildman–Crippen LogP) is 1.30. The van der Waals surface area contributed by atoms with Gasteiger partial charge in [-0.3, -0.25) is 14.7 Å². The molecule has 0 aromatic carbocycles. The minimum atomic E-state index is -1.13. The number of aliphatic carboxylic acids is 1. The number of anilines is 1. The van der Waals surface area contributed by atoms with Crippen LogP contribution in [0.4, 0.5) is 10.5 Å². The second-order valence-corrected chi connectivity index (χ2v) is 3.05. The molecule has 0 aliphatic heterocycles. The maximum atomic E-state index is 11.6. The van der Waals surface area contributed by atoms with Crippen molar-refractivity contribution in [2.45, 2.75) is 0 Å². The summed E-state index contributed by atoms with van der Waals surface area (Å²) in [5.41, 5.74) is 0.413. The fourth-order valence-electron chi connectivity index (χ4n) is 1.13. The van der Waals surface area contributed by atoms with Crippen LogP contribution in [0.2, 0.25) is 0 Å². The zero-order valence-electron chi connectivity index (χ0n) is 9.07. The summed E-state index contributed by atoms with van der Waals surface area (Å²) in [5.74, 6) is -1.13. The molecule has 6 nitrogen and oxygen atoms in total. The molecule has 0 aliphatic rings. The van der Waals surface area contributed by atoms with Gasteiger partial charge in [0.05, 0.1) is 5.69 Å². The number of amides is 1. The van der Waals surface area contributed by atoms with Crippen LogP contribution in [0.5, 0.6) is 0 Å². The van der Waals surface area contributed by atoms with Crippen LogP contribution in [0.15, 0.2) is 37.2 Å². The van der Waals surface area contributed by atoms with Crippen molar-refractivity contribution >= 4 is 17.7 Å². The lowest BCUT2D eigenvalue weighted by atomic mass is 10.3. The predicted molar refractivity (Wildman–Crippen MR) is 60.8 cm³/mol. The first-order valence-corrected chi connectivity index (χ1v) is 4.82. The molecule has 1 aromatic heterocycles. The molecule has 17 heavy (non-hydrogen) atoms. The number of carbonyl (C=O) groups excluding carboxylic acids is 1. The topological polar surface area (TPSA) is 79.7 Å². The summed E-state index contributed by atoms with van der Waals surface area (Å²) >= 11 is 0. The van der Waals surface area contributed by atoms with Gasteiger partial charge in [0.25, 0.3) is 0 Å². The Kier molecular flexibility index (Phi) is 4.68. The summed E-state index contributed by atoms with van der Waals surface area (Å²) in [5, 5.41) is 8.73. The summed E-state index contributed by atoms with van der Waals surface area (Å²) in [4.78, 5) is 27.1. The number of carboxylic acid groups (broad SMARTS) is 1. The quantitative estimate of drug-likeness (QED) is 0.779. The molecule has 0 bridgehead atoms. The molecule has 0 saturated heterocycles. The van der Waals surface area contributed by atoms with E-state index in [0.717, 1.165) is 4.90 Å².